The van der Waals surface area contributed by atoms with Crippen molar-refractivity contribution < 1.29 is 8.78 Å². The van der Waals surface area contributed by atoms with Crippen molar-refractivity contribution in [2.24, 2.45) is 0 Å². The van der Waals surface area contributed by atoms with Crippen LogP contribution in [0.2, 0.25) is 0 Å². The lowest BCUT2D eigenvalue weighted by molar-refractivity contribution is 0.424. The third-order valence-corrected chi connectivity index (χ3v) is 2.78. The molecule has 1 aromatic heterocycles. The van der Waals surface area contributed by atoms with Gasteiger partial charge in [-0.05, 0) is 18.9 Å². The largest absolute Gasteiger partial charge is 0.349 e. The Morgan fingerprint density at radius 1 is 1.62 bits per heavy atom. The van der Waals surface area contributed by atoms with Crippen LogP contribution in [0, 0.1) is 17.1 Å². The van der Waals surface area contributed by atoms with Crippen LogP contribution in [-0.2, 0) is 0 Å². The van der Waals surface area contributed by atoms with Crippen molar-refractivity contribution in [2.75, 3.05) is 18.1 Å². The Bertz CT molecular complexity index is 428. The second kappa shape index (κ2) is 4.44. The van der Waals surface area contributed by atoms with E-state index >= 15 is 0 Å². The molecule has 0 aliphatic carbocycles. The van der Waals surface area contributed by atoms with Crippen LogP contribution >= 0.6 is 0 Å². The van der Waals surface area contributed by atoms with E-state index in [0.717, 1.165) is 18.9 Å². The summed E-state index contributed by atoms with van der Waals surface area (Å²) in [5.74, 6) is -0.404. The number of rotatable bonds is 2. The van der Waals surface area contributed by atoms with Gasteiger partial charge in [0.1, 0.15) is 12.7 Å². The molecule has 2 heterocycles. The Morgan fingerprint density at radius 2 is 2.44 bits per heavy atom. The zero-order valence-electron chi connectivity index (χ0n) is 8.66. The molecule has 1 atom stereocenters. The van der Waals surface area contributed by atoms with Gasteiger partial charge in [0.2, 0.25) is 0 Å². The van der Waals surface area contributed by atoms with Crippen LogP contribution in [0.4, 0.5) is 14.6 Å². The minimum Gasteiger partial charge on any atom is -0.349 e. The van der Waals surface area contributed by atoms with E-state index < -0.39 is 12.5 Å². The molecule has 1 saturated heterocycles. The van der Waals surface area contributed by atoms with Gasteiger partial charge in [0.05, 0.1) is 11.6 Å². The van der Waals surface area contributed by atoms with Crippen molar-refractivity contribution in [3.05, 3.63) is 23.6 Å². The molecule has 0 radical (unpaired) electrons. The van der Waals surface area contributed by atoms with E-state index in [1.165, 1.54) is 6.20 Å². The van der Waals surface area contributed by atoms with Crippen molar-refractivity contribution in [1.82, 2.24) is 4.98 Å². The summed E-state index contributed by atoms with van der Waals surface area (Å²) in [5.41, 5.74) is 0.178. The fourth-order valence-corrected chi connectivity index (χ4v) is 1.98. The number of hydrogen-bond acceptors (Lipinski definition) is 3. The quantitative estimate of drug-likeness (QED) is 0.770. The highest BCUT2D eigenvalue weighted by molar-refractivity contribution is 5.45. The van der Waals surface area contributed by atoms with Crippen molar-refractivity contribution in [3.8, 4) is 6.07 Å². The zero-order chi connectivity index (χ0) is 11.5. The second-order valence-corrected chi connectivity index (χ2v) is 3.78. The van der Waals surface area contributed by atoms with Crippen LogP contribution in [0.15, 0.2) is 12.3 Å². The maximum Gasteiger partial charge on any atom is 0.166 e. The average molecular weight is 223 g/mol. The summed E-state index contributed by atoms with van der Waals surface area (Å²) in [6, 6.07) is 2.67. The molecule has 1 fully saturated rings. The predicted molar refractivity (Wildman–Crippen MR) is 55.3 cm³/mol. The fraction of sp³-hybridized carbons (Fsp3) is 0.455. The van der Waals surface area contributed by atoms with Crippen molar-refractivity contribution in [1.29, 1.82) is 5.26 Å². The van der Waals surface area contributed by atoms with E-state index in [1.54, 1.807) is 4.90 Å². The van der Waals surface area contributed by atoms with E-state index in [1.807, 2.05) is 6.07 Å². The van der Waals surface area contributed by atoms with Gasteiger partial charge in [-0.15, -0.1) is 0 Å². The van der Waals surface area contributed by atoms with Gasteiger partial charge in [-0.1, -0.05) is 0 Å². The molecular formula is C11H11F2N3. The fourth-order valence-electron chi connectivity index (χ4n) is 1.98. The molecule has 3 nitrogen and oxygen atoms in total. The second-order valence-electron chi connectivity index (χ2n) is 3.78. The highest BCUT2D eigenvalue weighted by Crippen LogP contribution is 2.26. The van der Waals surface area contributed by atoms with Gasteiger partial charge in [-0.2, -0.15) is 5.26 Å². The number of hydrogen-bond donors (Lipinski definition) is 0. The maximum absolute atomic E-state index is 13.6. The molecule has 0 N–H and O–H groups in total. The van der Waals surface area contributed by atoms with Gasteiger partial charge in [-0.25, -0.2) is 13.8 Å². The number of nitriles is 1. The van der Waals surface area contributed by atoms with Crippen molar-refractivity contribution in [2.45, 2.75) is 18.9 Å². The average Bonchev–Trinajstić information content (AvgIpc) is 2.76. The molecule has 0 amide bonds. The topological polar surface area (TPSA) is 39.9 Å². The van der Waals surface area contributed by atoms with Crippen molar-refractivity contribution in [3.63, 3.8) is 0 Å². The van der Waals surface area contributed by atoms with Crippen LogP contribution < -0.4 is 4.90 Å². The van der Waals surface area contributed by atoms with Crippen LogP contribution in [0.3, 0.4) is 0 Å². The summed E-state index contributed by atoms with van der Waals surface area (Å²) < 4.78 is 26.3. The van der Waals surface area contributed by atoms with E-state index in [9.17, 15) is 8.78 Å². The summed E-state index contributed by atoms with van der Waals surface area (Å²) in [5, 5.41) is 8.59. The first kappa shape index (κ1) is 10.8. The summed E-state index contributed by atoms with van der Waals surface area (Å²) in [6.07, 6.45) is 2.87. The van der Waals surface area contributed by atoms with Crippen LogP contribution in [0.5, 0.6) is 0 Å². The molecular weight excluding hydrogens is 212 g/mol. The molecule has 84 valence electrons. The number of halogens is 2. The van der Waals surface area contributed by atoms with E-state index in [-0.39, 0.29) is 17.4 Å². The molecule has 2 rings (SSSR count). The Morgan fingerprint density at radius 3 is 3.06 bits per heavy atom. The van der Waals surface area contributed by atoms with Crippen molar-refractivity contribution >= 4 is 5.82 Å². The van der Waals surface area contributed by atoms with Gasteiger partial charge in [-0.3, -0.25) is 0 Å². The zero-order valence-corrected chi connectivity index (χ0v) is 8.66. The Labute approximate surface area is 92.3 Å². The monoisotopic (exact) mass is 223 g/mol. The SMILES string of the molecule is N#Cc1cnc(N2CCC[C@H]2CF)c(F)c1. The molecule has 16 heavy (non-hydrogen) atoms. The molecule has 0 spiro atoms. The molecule has 1 aromatic rings. The lowest BCUT2D eigenvalue weighted by atomic mass is 10.2. The molecule has 0 saturated carbocycles. The third kappa shape index (κ3) is 1.83. The summed E-state index contributed by atoms with van der Waals surface area (Å²) in [4.78, 5) is 5.53. The summed E-state index contributed by atoms with van der Waals surface area (Å²) in [6.45, 7) is 0.117. The van der Waals surface area contributed by atoms with Crippen LogP contribution in [0.25, 0.3) is 0 Å². The first-order valence-electron chi connectivity index (χ1n) is 5.14. The highest BCUT2D eigenvalue weighted by atomic mass is 19.1. The predicted octanol–water partition coefficient (Wildman–Crippen LogP) is 2.03. The first-order chi connectivity index (χ1) is 7.76. The van der Waals surface area contributed by atoms with Gasteiger partial charge < -0.3 is 4.90 Å². The molecule has 0 unspecified atom stereocenters. The Kier molecular flexibility index (Phi) is 3.00. The summed E-state index contributed by atoms with van der Waals surface area (Å²) >= 11 is 0. The Hall–Kier alpha value is -1.70. The van der Waals surface area contributed by atoms with Gasteiger partial charge >= 0.3 is 0 Å². The lowest BCUT2D eigenvalue weighted by Crippen LogP contribution is -2.32. The van der Waals surface area contributed by atoms with Crippen LogP contribution in [-0.4, -0.2) is 24.2 Å². The number of alkyl halides is 1. The van der Waals surface area contributed by atoms with Gasteiger partial charge in [0.15, 0.2) is 11.6 Å². The number of pyridine rings is 1. The lowest BCUT2D eigenvalue weighted by Gasteiger charge is -2.23. The minimum atomic E-state index is -0.556. The van der Waals surface area contributed by atoms with E-state index in [2.05, 4.69) is 4.98 Å². The molecule has 5 heteroatoms. The normalized spacial score (nSPS) is 19.8. The maximum atomic E-state index is 13.6. The van der Waals surface area contributed by atoms with E-state index in [4.69, 9.17) is 5.26 Å². The Balaban J connectivity index is 2.30. The highest BCUT2D eigenvalue weighted by Gasteiger charge is 2.27. The number of anilines is 1. The van der Waals surface area contributed by atoms with Gasteiger partial charge in [0.25, 0.3) is 0 Å². The van der Waals surface area contributed by atoms with Gasteiger partial charge in [0, 0.05) is 12.7 Å². The molecule has 1 aliphatic rings. The third-order valence-electron chi connectivity index (χ3n) is 2.78. The summed E-state index contributed by atoms with van der Waals surface area (Å²) in [7, 11) is 0. The molecule has 1 aliphatic heterocycles. The molecule has 0 bridgehead atoms. The number of aromatic nitrogens is 1. The molecule has 0 aromatic carbocycles. The number of nitrogens with zero attached hydrogens (tertiary/aromatic N) is 3. The first-order valence-corrected chi connectivity index (χ1v) is 5.14. The van der Waals surface area contributed by atoms with E-state index in [0.29, 0.717) is 6.54 Å². The standard InChI is InChI=1S/C11H11F2N3/c12-5-9-2-1-3-16(9)11-10(13)4-8(6-14)7-15-11/h4,7,9H,1-3,5H2/t9-/m0/s1. The van der Waals surface area contributed by atoms with Crippen LogP contribution in [0.1, 0.15) is 18.4 Å². The minimum absolute atomic E-state index is 0.152. The smallest absolute Gasteiger partial charge is 0.166 e.